The summed E-state index contributed by atoms with van der Waals surface area (Å²) in [6.45, 7) is 6.45. The van der Waals surface area contributed by atoms with Crippen molar-refractivity contribution in [1.29, 1.82) is 0 Å². The van der Waals surface area contributed by atoms with Gasteiger partial charge in [-0.05, 0) is 50.6 Å². The van der Waals surface area contributed by atoms with Gasteiger partial charge >= 0.3 is 5.69 Å². The van der Waals surface area contributed by atoms with Crippen LogP contribution < -0.4 is 11.2 Å². The first-order valence-corrected chi connectivity index (χ1v) is 11.5. The van der Waals surface area contributed by atoms with Gasteiger partial charge in [0.1, 0.15) is 0 Å². The maximum atomic E-state index is 13.8. The molecule has 7 nitrogen and oxygen atoms in total. The van der Waals surface area contributed by atoms with Crippen LogP contribution >= 0.6 is 11.6 Å². The number of carbonyl (C=O) groups is 1. The van der Waals surface area contributed by atoms with Gasteiger partial charge in [-0.25, -0.2) is 14.3 Å². The van der Waals surface area contributed by atoms with Crippen molar-refractivity contribution in [3.63, 3.8) is 0 Å². The number of amides is 1. The number of para-hydroxylation sites is 1. The van der Waals surface area contributed by atoms with Crippen molar-refractivity contribution in [2.75, 3.05) is 13.1 Å². The number of rotatable bonds is 6. The van der Waals surface area contributed by atoms with E-state index in [4.69, 9.17) is 11.6 Å². The van der Waals surface area contributed by atoms with E-state index in [1.165, 1.54) is 4.57 Å². The first kappa shape index (κ1) is 23.4. The second-order valence-corrected chi connectivity index (χ2v) is 8.33. The number of pyridine rings is 1. The van der Waals surface area contributed by atoms with Gasteiger partial charge in [-0.1, -0.05) is 48.0 Å². The molecular formula is C26H25ClN4O3. The predicted octanol–water partition coefficient (Wildman–Crippen LogP) is 4.04. The number of halogens is 1. The quantitative estimate of drug-likeness (QED) is 0.421. The lowest BCUT2D eigenvalue weighted by Gasteiger charge is -2.21. The summed E-state index contributed by atoms with van der Waals surface area (Å²) in [5, 5.41) is 0.555. The molecule has 0 atom stereocenters. The van der Waals surface area contributed by atoms with E-state index in [9.17, 15) is 14.4 Å². The monoisotopic (exact) mass is 476 g/mol. The summed E-state index contributed by atoms with van der Waals surface area (Å²) < 4.78 is 2.51. The van der Waals surface area contributed by atoms with E-state index in [0.717, 1.165) is 4.57 Å². The molecule has 2 heterocycles. The van der Waals surface area contributed by atoms with Crippen LogP contribution in [0.2, 0.25) is 5.02 Å². The van der Waals surface area contributed by atoms with Crippen molar-refractivity contribution >= 4 is 28.5 Å². The Morgan fingerprint density at radius 1 is 1.00 bits per heavy atom. The highest BCUT2D eigenvalue weighted by Gasteiger charge is 2.24. The summed E-state index contributed by atoms with van der Waals surface area (Å²) in [7, 11) is 0. The lowest BCUT2D eigenvalue weighted by Crippen LogP contribution is -2.41. The molecule has 0 saturated carbocycles. The molecule has 0 fully saturated rings. The van der Waals surface area contributed by atoms with E-state index in [1.54, 1.807) is 66.4 Å². The summed E-state index contributed by atoms with van der Waals surface area (Å²) in [5.74, 6) is -0.278. The SMILES string of the molecule is CCN(CC)C(=O)c1cc(C)nc2c1c(=O)n(Cc1ccccc1Cl)c(=O)n2-c1ccccc1. The zero-order valence-corrected chi connectivity index (χ0v) is 20.0. The minimum Gasteiger partial charge on any atom is -0.339 e. The van der Waals surface area contributed by atoms with E-state index < -0.39 is 11.2 Å². The zero-order valence-electron chi connectivity index (χ0n) is 19.3. The Morgan fingerprint density at radius 2 is 1.65 bits per heavy atom. The highest BCUT2D eigenvalue weighted by Crippen LogP contribution is 2.20. The third kappa shape index (κ3) is 4.15. The van der Waals surface area contributed by atoms with Gasteiger partial charge in [0.05, 0.1) is 23.2 Å². The summed E-state index contributed by atoms with van der Waals surface area (Å²) in [6, 6.07) is 17.6. The first-order valence-electron chi connectivity index (χ1n) is 11.1. The fraction of sp³-hybridized carbons (Fsp3) is 0.231. The van der Waals surface area contributed by atoms with Gasteiger partial charge in [0.2, 0.25) is 0 Å². The molecule has 0 bridgehead atoms. The molecule has 174 valence electrons. The number of nitrogens with zero attached hydrogens (tertiary/aromatic N) is 4. The molecule has 8 heteroatoms. The van der Waals surface area contributed by atoms with Crippen LogP contribution in [0, 0.1) is 6.92 Å². The summed E-state index contributed by atoms with van der Waals surface area (Å²) in [5.41, 5.74) is 0.970. The van der Waals surface area contributed by atoms with Crippen molar-refractivity contribution in [2.24, 2.45) is 0 Å². The number of hydrogen-bond acceptors (Lipinski definition) is 4. The van der Waals surface area contributed by atoms with E-state index in [0.29, 0.717) is 35.1 Å². The fourth-order valence-electron chi connectivity index (χ4n) is 4.06. The van der Waals surface area contributed by atoms with Crippen LogP contribution in [0.15, 0.2) is 70.3 Å². The van der Waals surface area contributed by atoms with Gasteiger partial charge in [0.25, 0.3) is 11.5 Å². The molecule has 4 rings (SSSR count). The van der Waals surface area contributed by atoms with Crippen LogP contribution in [0.5, 0.6) is 0 Å². The third-order valence-electron chi connectivity index (χ3n) is 5.80. The second-order valence-electron chi connectivity index (χ2n) is 7.92. The van der Waals surface area contributed by atoms with Crippen LogP contribution in [0.4, 0.5) is 0 Å². The average Bonchev–Trinajstić information content (AvgIpc) is 2.83. The smallest absolute Gasteiger partial charge is 0.337 e. The maximum Gasteiger partial charge on any atom is 0.337 e. The molecule has 0 saturated heterocycles. The van der Waals surface area contributed by atoms with Gasteiger partial charge < -0.3 is 4.90 Å². The molecule has 0 spiro atoms. The van der Waals surface area contributed by atoms with Crippen molar-refractivity contribution in [3.05, 3.63) is 103 Å². The van der Waals surface area contributed by atoms with Crippen molar-refractivity contribution in [2.45, 2.75) is 27.3 Å². The highest BCUT2D eigenvalue weighted by atomic mass is 35.5. The van der Waals surface area contributed by atoms with Crippen LogP contribution in [0.25, 0.3) is 16.7 Å². The van der Waals surface area contributed by atoms with Crippen LogP contribution in [0.1, 0.15) is 35.5 Å². The highest BCUT2D eigenvalue weighted by molar-refractivity contribution is 6.31. The van der Waals surface area contributed by atoms with Crippen molar-refractivity contribution in [1.82, 2.24) is 19.0 Å². The summed E-state index contributed by atoms with van der Waals surface area (Å²) >= 11 is 6.34. The summed E-state index contributed by atoms with van der Waals surface area (Å²) in [4.78, 5) is 47.1. The number of fused-ring (bicyclic) bond motifs is 1. The molecule has 1 amide bonds. The molecule has 2 aromatic carbocycles. The third-order valence-corrected chi connectivity index (χ3v) is 6.17. The molecule has 0 N–H and O–H groups in total. The lowest BCUT2D eigenvalue weighted by atomic mass is 10.1. The minimum atomic E-state index is -0.574. The van der Waals surface area contributed by atoms with Crippen molar-refractivity contribution in [3.8, 4) is 5.69 Å². The van der Waals surface area contributed by atoms with E-state index in [1.807, 2.05) is 19.9 Å². The Hall–Kier alpha value is -3.71. The molecule has 0 aliphatic carbocycles. The van der Waals surface area contributed by atoms with Crippen molar-refractivity contribution < 1.29 is 4.79 Å². The number of benzene rings is 2. The van der Waals surface area contributed by atoms with Gasteiger partial charge in [-0.2, -0.15) is 0 Å². The lowest BCUT2D eigenvalue weighted by molar-refractivity contribution is 0.0774. The topological polar surface area (TPSA) is 77.2 Å². The molecule has 2 aromatic heterocycles. The van der Waals surface area contributed by atoms with Gasteiger partial charge in [0, 0.05) is 23.8 Å². The Morgan fingerprint density at radius 3 is 2.29 bits per heavy atom. The van der Waals surface area contributed by atoms with E-state index >= 15 is 0 Å². The Kier molecular flexibility index (Phi) is 6.65. The molecule has 0 aliphatic rings. The summed E-state index contributed by atoms with van der Waals surface area (Å²) in [6.07, 6.45) is 0. The average molecular weight is 477 g/mol. The number of aryl methyl sites for hydroxylation is 1. The maximum absolute atomic E-state index is 13.8. The van der Waals surface area contributed by atoms with Gasteiger partial charge in [0.15, 0.2) is 5.65 Å². The largest absolute Gasteiger partial charge is 0.339 e. The fourth-order valence-corrected chi connectivity index (χ4v) is 4.25. The number of carbonyl (C=O) groups excluding carboxylic acids is 1. The zero-order chi connectivity index (χ0) is 24.4. The van der Waals surface area contributed by atoms with Gasteiger partial charge in [-0.15, -0.1) is 0 Å². The Bertz CT molecular complexity index is 1490. The Balaban J connectivity index is 2.13. The molecular weight excluding hydrogens is 452 g/mol. The predicted molar refractivity (Wildman–Crippen MR) is 134 cm³/mol. The van der Waals surface area contributed by atoms with E-state index in [2.05, 4.69) is 4.98 Å². The van der Waals surface area contributed by atoms with Crippen LogP contribution in [0.3, 0.4) is 0 Å². The molecule has 4 aromatic rings. The van der Waals surface area contributed by atoms with Crippen LogP contribution in [-0.2, 0) is 6.54 Å². The standard InChI is InChI=1S/C26H25ClN4O3/c1-4-29(5-2)24(32)20-15-17(3)28-23-22(20)25(33)30(16-18-11-9-10-14-21(18)27)26(34)31(23)19-12-7-6-8-13-19/h6-15H,4-5,16H2,1-3H3. The molecule has 0 radical (unpaired) electrons. The molecule has 0 aliphatic heterocycles. The van der Waals surface area contributed by atoms with E-state index in [-0.39, 0.29) is 29.0 Å². The normalized spacial score (nSPS) is 11.1. The first-order chi connectivity index (χ1) is 16.4. The van der Waals surface area contributed by atoms with Crippen LogP contribution in [-0.4, -0.2) is 38.0 Å². The number of hydrogen-bond donors (Lipinski definition) is 0. The Labute approximate surface area is 201 Å². The second kappa shape index (κ2) is 9.65. The minimum absolute atomic E-state index is 0.0348. The number of aromatic nitrogens is 3. The molecule has 34 heavy (non-hydrogen) atoms. The molecule has 0 unspecified atom stereocenters. The van der Waals surface area contributed by atoms with Gasteiger partial charge in [-0.3, -0.25) is 14.2 Å².